The van der Waals surface area contributed by atoms with Crippen molar-refractivity contribution in [2.24, 2.45) is 0 Å². The Morgan fingerprint density at radius 3 is 2.06 bits per heavy atom. The molecule has 0 fully saturated rings. The molecule has 0 spiro atoms. The average molecular weight is 232 g/mol. The van der Waals surface area contributed by atoms with E-state index in [2.05, 4.69) is 0 Å². The highest BCUT2D eigenvalue weighted by atomic mass is 19.1. The Hall–Kier alpha value is -2.16. The van der Waals surface area contributed by atoms with E-state index in [1.807, 2.05) is 36.4 Å². The van der Waals surface area contributed by atoms with Crippen molar-refractivity contribution in [3.8, 4) is 11.1 Å². The Kier molecular flexibility index (Phi) is 4.88. The molecule has 0 atom stereocenters. The van der Waals surface area contributed by atoms with Crippen LogP contribution in [0, 0.1) is 5.82 Å². The summed E-state index contributed by atoms with van der Waals surface area (Å²) in [5, 5.41) is 7.42. The van der Waals surface area contributed by atoms with Gasteiger partial charge in [0.15, 0.2) is 0 Å². The number of carbonyl (C=O) groups is 1. The number of hydrogen-bond acceptors (Lipinski definition) is 1. The van der Waals surface area contributed by atoms with E-state index in [1.54, 1.807) is 6.07 Å². The first-order valence-corrected chi connectivity index (χ1v) is 5.10. The minimum atomic E-state index is -0.833. The van der Waals surface area contributed by atoms with Crippen LogP contribution in [0.2, 0.25) is 0 Å². The second kappa shape index (κ2) is 6.43. The molecule has 2 aromatic carbocycles. The number of benzene rings is 2. The largest absolute Gasteiger partial charge is 0.481 e. The molecule has 0 bridgehead atoms. The van der Waals surface area contributed by atoms with Gasteiger partial charge in [0.1, 0.15) is 5.82 Å². The van der Waals surface area contributed by atoms with Crippen LogP contribution in [-0.2, 0) is 4.79 Å². The van der Waals surface area contributed by atoms with Crippen molar-refractivity contribution in [1.82, 2.24) is 0 Å². The number of halogens is 1. The third-order valence-electron chi connectivity index (χ3n) is 1.93. The topological polar surface area (TPSA) is 37.3 Å². The lowest BCUT2D eigenvalue weighted by Crippen LogP contribution is -1.78. The van der Waals surface area contributed by atoms with E-state index in [1.165, 1.54) is 12.1 Å². The van der Waals surface area contributed by atoms with Crippen LogP contribution in [0.5, 0.6) is 0 Å². The number of carboxylic acids is 1. The molecule has 17 heavy (non-hydrogen) atoms. The van der Waals surface area contributed by atoms with E-state index in [9.17, 15) is 4.39 Å². The van der Waals surface area contributed by atoms with Gasteiger partial charge in [-0.3, -0.25) is 4.79 Å². The van der Waals surface area contributed by atoms with E-state index in [0.717, 1.165) is 18.1 Å². The lowest BCUT2D eigenvalue weighted by atomic mass is 10.1. The molecule has 0 aliphatic heterocycles. The standard InChI is InChI=1S/C12H9F.C2H4O2/c13-12-8-4-7-11(9-12)10-5-2-1-3-6-10;1-2(3)4/h1-9H;1H3,(H,3,4). The van der Waals surface area contributed by atoms with Gasteiger partial charge in [0.25, 0.3) is 5.97 Å². The van der Waals surface area contributed by atoms with Crippen LogP contribution in [0.4, 0.5) is 4.39 Å². The molecule has 3 heteroatoms. The van der Waals surface area contributed by atoms with Gasteiger partial charge in [0, 0.05) is 6.92 Å². The SMILES string of the molecule is CC(=O)O.Fc1cccc(-c2ccccc2)c1. The molecule has 0 aromatic heterocycles. The second-order valence-corrected chi connectivity index (χ2v) is 3.40. The van der Waals surface area contributed by atoms with Crippen molar-refractivity contribution < 1.29 is 14.3 Å². The summed E-state index contributed by atoms with van der Waals surface area (Å²) >= 11 is 0. The highest BCUT2D eigenvalue weighted by Crippen LogP contribution is 2.18. The fraction of sp³-hybridized carbons (Fsp3) is 0.0714. The number of rotatable bonds is 1. The van der Waals surface area contributed by atoms with Crippen molar-refractivity contribution in [1.29, 1.82) is 0 Å². The van der Waals surface area contributed by atoms with E-state index in [-0.39, 0.29) is 5.82 Å². The summed E-state index contributed by atoms with van der Waals surface area (Å²) in [5.74, 6) is -1.03. The summed E-state index contributed by atoms with van der Waals surface area (Å²) in [6, 6.07) is 16.4. The monoisotopic (exact) mass is 232 g/mol. The lowest BCUT2D eigenvalue weighted by Gasteiger charge is -1.99. The fourth-order valence-electron chi connectivity index (χ4n) is 1.30. The third kappa shape index (κ3) is 4.93. The van der Waals surface area contributed by atoms with Gasteiger partial charge in [-0.15, -0.1) is 0 Å². The van der Waals surface area contributed by atoms with Crippen molar-refractivity contribution in [3.05, 3.63) is 60.4 Å². The molecule has 2 rings (SSSR count). The molecule has 0 heterocycles. The van der Waals surface area contributed by atoms with Crippen molar-refractivity contribution >= 4 is 5.97 Å². The van der Waals surface area contributed by atoms with Crippen LogP contribution in [0.1, 0.15) is 6.92 Å². The van der Waals surface area contributed by atoms with E-state index in [0.29, 0.717) is 0 Å². The van der Waals surface area contributed by atoms with Gasteiger partial charge < -0.3 is 5.11 Å². The molecule has 0 unspecified atom stereocenters. The molecule has 0 aliphatic carbocycles. The molecule has 0 saturated carbocycles. The summed E-state index contributed by atoms with van der Waals surface area (Å²) < 4.78 is 12.9. The highest BCUT2D eigenvalue weighted by Gasteiger charge is 1.96. The van der Waals surface area contributed by atoms with Crippen molar-refractivity contribution in [2.45, 2.75) is 6.92 Å². The Balaban J connectivity index is 0.000000317. The van der Waals surface area contributed by atoms with Crippen LogP contribution < -0.4 is 0 Å². The maximum absolute atomic E-state index is 12.9. The molecule has 2 nitrogen and oxygen atoms in total. The normalized spacial score (nSPS) is 9.06. The Bertz CT molecular complexity index is 477. The predicted octanol–water partition coefficient (Wildman–Crippen LogP) is 3.58. The molecule has 0 amide bonds. The summed E-state index contributed by atoms with van der Waals surface area (Å²) in [5.41, 5.74) is 1.96. The highest BCUT2D eigenvalue weighted by molar-refractivity contribution is 5.63. The van der Waals surface area contributed by atoms with Crippen LogP contribution in [0.3, 0.4) is 0 Å². The summed E-state index contributed by atoms with van der Waals surface area (Å²) in [7, 11) is 0. The Morgan fingerprint density at radius 2 is 1.53 bits per heavy atom. The van der Waals surface area contributed by atoms with Gasteiger partial charge in [0.2, 0.25) is 0 Å². The Labute approximate surface area is 99.3 Å². The van der Waals surface area contributed by atoms with E-state index >= 15 is 0 Å². The quantitative estimate of drug-likeness (QED) is 0.815. The smallest absolute Gasteiger partial charge is 0.300 e. The third-order valence-corrected chi connectivity index (χ3v) is 1.93. The zero-order chi connectivity index (χ0) is 12.7. The molecular weight excluding hydrogens is 219 g/mol. The van der Waals surface area contributed by atoms with Gasteiger partial charge in [-0.05, 0) is 23.3 Å². The average Bonchev–Trinajstić information content (AvgIpc) is 2.29. The van der Waals surface area contributed by atoms with Gasteiger partial charge >= 0.3 is 0 Å². The van der Waals surface area contributed by atoms with E-state index < -0.39 is 5.97 Å². The zero-order valence-electron chi connectivity index (χ0n) is 9.43. The first kappa shape index (κ1) is 12.9. The predicted molar refractivity (Wildman–Crippen MR) is 65.1 cm³/mol. The Morgan fingerprint density at radius 1 is 1.00 bits per heavy atom. The summed E-state index contributed by atoms with van der Waals surface area (Å²) in [4.78, 5) is 9.00. The van der Waals surface area contributed by atoms with Crippen molar-refractivity contribution in [3.63, 3.8) is 0 Å². The second-order valence-electron chi connectivity index (χ2n) is 3.40. The first-order valence-electron chi connectivity index (χ1n) is 5.10. The van der Waals surface area contributed by atoms with Gasteiger partial charge in [-0.2, -0.15) is 0 Å². The van der Waals surface area contributed by atoms with Crippen LogP contribution in [0.15, 0.2) is 54.6 Å². The van der Waals surface area contributed by atoms with Gasteiger partial charge in [-0.25, -0.2) is 4.39 Å². The molecule has 2 aromatic rings. The minimum Gasteiger partial charge on any atom is -0.481 e. The zero-order valence-corrected chi connectivity index (χ0v) is 9.43. The number of carboxylic acid groups (broad SMARTS) is 1. The molecular formula is C14H13FO2. The van der Waals surface area contributed by atoms with Crippen LogP contribution in [0.25, 0.3) is 11.1 Å². The molecule has 0 saturated heterocycles. The lowest BCUT2D eigenvalue weighted by molar-refractivity contribution is -0.134. The summed E-state index contributed by atoms with van der Waals surface area (Å²) in [6.07, 6.45) is 0. The molecule has 88 valence electrons. The molecule has 0 aliphatic rings. The van der Waals surface area contributed by atoms with Gasteiger partial charge in [-0.1, -0.05) is 42.5 Å². The van der Waals surface area contributed by atoms with Crippen molar-refractivity contribution in [2.75, 3.05) is 0 Å². The minimum absolute atomic E-state index is 0.193. The summed E-state index contributed by atoms with van der Waals surface area (Å²) in [6.45, 7) is 1.08. The van der Waals surface area contributed by atoms with Crippen LogP contribution in [-0.4, -0.2) is 11.1 Å². The molecule has 0 radical (unpaired) electrons. The maximum Gasteiger partial charge on any atom is 0.300 e. The molecule has 1 N–H and O–H groups in total. The van der Waals surface area contributed by atoms with Gasteiger partial charge in [0.05, 0.1) is 0 Å². The maximum atomic E-state index is 12.9. The van der Waals surface area contributed by atoms with E-state index in [4.69, 9.17) is 9.90 Å². The number of hydrogen-bond donors (Lipinski definition) is 1. The fourth-order valence-corrected chi connectivity index (χ4v) is 1.30. The first-order chi connectivity index (χ1) is 8.09. The number of aliphatic carboxylic acids is 1. The van der Waals surface area contributed by atoms with Crippen LogP contribution >= 0.6 is 0 Å².